The Hall–Kier alpha value is -3.11. The predicted molar refractivity (Wildman–Crippen MR) is 120 cm³/mol. The molecule has 0 saturated carbocycles. The van der Waals surface area contributed by atoms with E-state index in [1.54, 1.807) is 47.4 Å². The van der Waals surface area contributed by atoms with Gasteiger partial charge in [0.1, 0.15) is 5.75 Å². The standard InChI is InChI=1S/C22H25N3O6S/c1-15-7-8-19-18(13-15)25(32(2,28)29)14-20(31-19)21(26)23-17-6-4-3-5-16(17)22(27)24-9-11-30-12-10-24/h3-8,13,20H,9-12,14H2,1-2H3,(H,23,26). The third kappa shape index (κ3) is 4.56. The molecule has 4 rings (SSSR count). The SMILES string of the molecule is Cc1ccc2c(c1)N(S(C)(=O)=O)CC(C(=O)Nc1ccccc1C(=O)N1CCOCC1)O2. The number of carbonyl (C=O) groups excluding carboxylic acids is 2. The number of anilines is 2. The Kier molecular flexibility index (Phi) is 6.07. The molecule has 170 valence electrons. The number of nitrogens with zero attached hydrogens (tertiary/aromatic N) is 2. The van der Waals surface area contributed by atoms with E-state index in [0.717, 1.165) is 11.8 Å². The first-order valence-electron chi connectivity index (χ1n) is 10.3. The Bertz CT molecular complexity index is 1140. The summed E-state index contributed by atoms with van der Waals surface area (Å²) in [5, 5.41) is 2.75. The molecule has 2 aliphatic heterocycles. The number of rotatable bonds is 4. The van der Waals surface area contributed by atoms with E-state index in [1.807, 2.05) is 6.92 Å². The summed E-state index contributed by atoms with van der Waals surface area (Å²) in [5.74, 6) is -0.426. The molecule has 2 heterocycles. The molecule has 0 spiro atoms. The van der Waals surface area contributed by atoms with Crippen LogP contribution in [0.15, 0.2) is 42.5 Å². The van der Waals surface area contributed by atoms with E-state index in [9.17, 15) is 18.0 Å². The van der Waals surface area contributed by atoms with E-state index >= 15 is 0 Å². The maximum absolute atomic E-state index is 13.1. The van der Waals surface area contributed by atoms with E-state index in [-0.39, 0.29) is 12.5 Å². The molecule has 1 unspecified atom stereocenters. The Balaban J connectivity index is 1.57. The molecule has 0 radical (unpaired) electrons. The van der Waals surface area contributed by atoms with Crippen LogP contribution in [0.25, 0.3) is 0 Å². The van der Waals surface area contributed by atoms with Crippen LogP contribution in [0, 0.1) is 6.92 Å². The molecule has 1 fully saturated rings. The van der Waals surface area contributed by atoms with Gasteiger partial charge in [0.15, 0.2) is 6.10 Å². The molecule has 1 saturated heterocycles. The van der Waals surface area contributed by atoms with Crippen molar-refractivity contribution in [2.45, 2.75) is 13.0 Å². The lowest BCUT2D eigenvalue weighted by atomic mass is 10.1. The number of hydrogen-bond acceptors (Lipinski definition) is 6. The fourth-order valence-electron chi connectivity index (χ4n) is 3.74. The lowest BCUT2D eigenvalue weighted by Gasteiger charge is -2.34. The first-order valence-corrected chi connectivity index (χ1v) is 12.1. The highest BCUT2D eigenvalue weighted by Gasteiger charge is 2.35. The summed E-state index contributed by atoms with van der Waals surface area (Å²) in [6.45, 7) is 3.58. The van der Waals surface area contributed by atoms with Crippen LogP contribution in [0.5, 0.6) is 5.75 Å². The van der Waals surface area contributed by atoms with Crippen LogP contribution >= 0.6 is 0 Å². The molecule has 1 N–H and O–H groups in total. The van der Waals surface area contributed by atoms with Gasteiger partial charge in [0.2, 0.25) is 10.0 Å². The molecule has 10 heteroatoms. The number of sulfonamides is 1. The van der Waals surface area contributed by atoms with Gasteiger partial charge in [0.05, 0.1) is 43.0 Å². The first-order chi connectivity index (χ1) is 15.2. The lowest BCUT2D eigenvalue weighted by Crippen LogP contribution is -2.48. The molecule has 9 nitrogen and oxygen atoms in total. The number of amides is 2. The summed E-state index contributed by atoms with van der Waals surface area (Å²) < 4.78 is 37.1. The van der Waals surface area contributed by atoms with Gasteiger partial charge in [0, 0.05) is 13.1 Å². The first kappa shape index (κ1) is 22.1. The molecule has 0 bridgehead atoms. The van der Waals surface area contributed by atoms with Gasteiger partial charge in [-0.25, -0.2) is 8.42 Å². The minimum absolute atomic E-state index is 0.166. The molecular weight excluding hydrogens is 434 g/mol. The van der Waals surface area contributed by atoms with Crippen molar-refractivity contribution in [3.05, 3.63) is 53.6 Å². The van der Waals surface area contributed by atoms with Gasteiger partial charge in [-0.3, -0.25) is 13.9 Å². The zero-order chi connectivity index (χ0) is 22.9. The van der Waals surface area contributed by atoms with Crippen LogP contribution in [0.3, 0.4) is 0 Å². The summed E-state index contributed by atoms with van der Waals surface area (Å²) in [6.07, 6.45) is 0.0156. The molecule has 1 atom stereocenters. The van der Waals surface area contributed by atoms with E-state index < -0.39 is 22.0 Å². The summed E-state index contributed by atoms with van der Waals surface area (Å²) in [4.78, 5) is 27.7. The quantitative estimate of drug-likeness (QED) is 0.745. The Labute approximate surface area is 187 Å². The van der Waals surface area contributed by atoms with Crippen molar-refractivity contribution < 1.29 is 27.5 Å². The maximum Gasteiger partial charge on any atom is 0.267 e. The summed E-state index contributed by atoms with van der Waals surface area (Å²) in [6, 6.07) is 11.9. The van der Waals surface area contributed by atoms with Gasteiger partial charge in [-0.2, -0.15) is 0 Å². The second-order valence-electron chi connectivity index (χ2n) is 7.81. The molecular formula is C22H25N3O6S. The van der Waals surface area contributed by atoms with Crippen molar-refractivity contribution in [2.24, 2.45) is 0 Å². The Morgan fingerprint density at radius 2 is 1.81 bits per heavy atom. The molecule has 2 aliphatic rings. The van der Waals surface area contributed by atoms with Gasteiger partial charge < -0.3 is 19.7 Å². The van der Waals surface area contributed by atoms with Gasteiger partial charge >= 0.3 is 0 Å². The molecule has 32 heavy (non-hydrogen) atoms. The number of para-hydroxylation sites is 1. The number of carbonyl (C=O) groups is 2. The van der Waals surface area contributed by atoms with Crippen molar-refractivity contribution in [1.82, 2.24) is 4.90 Å². The third-order valence-corrected chi connectivity index (χ3v) is 6.54. The number of aryl methyl sites for hydroxylation is 1. The fourth-order valence-corrected chi connectivity index (χ4v) is 4.65. The van der Waals surface area contributed by atoms with Crippen LogP contribution in [0.1, 0.15) is 15.9 Å². The Morgan fingerprint density at radius 3 is 2.53 bits per heavy atom. The van der Waals surface area contributed by atoms with E-state index in [1.165, 1.54) is 4.31 Å². The summed E-state index contributed by atoms with van der Waals surface area (Å²) >= 11 is 0. The maximum atomic E-state index is 13.1. The fraction of sp³-hybridized carbons (Fsp3) is 0.364. The topological polar surface area (TPSA) is 105 Å². The van der Waals surface area contributed by atoms with E-state index in [0.29, 0.717) is 49.0 Å². The van der Waals surface area contributed by atoms with Crippen LogP contribution in [0.2, 0.25) is 0 Å². The number of nitrogens with one attached hydrogen (secondary N) is 1. The molecule has 2 aromatic rings. The lowest BCUT2D eigenvalue weighted by molar-refractivity contribution is -0.122. The Morgan fingerprint density at radius 1 is 1.09 bits per heavy atom. The van der Waals surface area contributed by atoms with Crippen molar-refractivity contribution in [3.63, 3.8) is 0 Å². The monoisotopic (exact) mass is 459 g/mol. The third-order valence-electron chi connectivity index (χ3n) is 5.39. The number of morpholine rings is 1. The number of benzene rings is 2. The smallest absolute Gasteiger partial charge is 0.267 e. The van der Waals surface area contributed by atoms with E-state index in [2.05, 4.69) is 5.32 Å². The second-order valence-corrected chi connectivity index (χ2v) is 9.72. The minimum Gasteiger partial charge on any atom is -0.476 e. The average molecular weight is 460 g/mol. The predicted octanol–water partition coefficient (Wildman–Crippen LogP) is 1.63. The van der Waals surface area contributed by atoms with Crippen LogP contribution in [-0.4, -0.2) is 70.3 Å². The van der Waals surface area contributed by atoms with Crippen LogP contribution in [0.4, 0.5) is 11.4 Å². The normalized spacial score (nSPS) is 18.5. The molecule has 0 aromatic heterocycles. The van der Waals surface area contributed by atoms with Gasteiger partial charge in [-0.1, -0.05) is 18.2 Å². The van der Waals surface area contributed by atoms with Crippen LogP contribution < -0.4 is 14.4 Å². The zero-order valence-corrected chi connectivity index (χ0v) is 18.7. The minimum atomic E-state index is -3.63. The average Bonchev–Trinajstić information content (AvgIpc) is 2.78. The van der Waals surface area contributed by atoms with Crippen molar-refractivity contribution in [2.75, 3.05) is 48.7 Å². The van der Waals surface area contributed by atoms with Gasteiger partial charge in [0.25, 0.3) is 11.8 Å². The summed E-state index contributed by atoms with van der Waals surface area (Å²) in [5.41, 5.74) is 1.98. The van der Waals surface area contributed by atoms with Gasteiger partial charge in [-0.15, -0.1) is 0 Å². The van der Waals surface area contributed by atoms with Gasteiger partial charge in [-0.05, 0) is 36.8 Å². The molecule has 2 aromatic carbocycles. The number of ether oxygens (including phenoxy) is 2. The highest BCUT2D eigenvalue weighted by atomic mass is 32.2. The van der Waals surface area contributed by atoms with Crippen molar-refractivity contribution in [3.8, 4) is 5.75 Å². The van der Waals surface area contributed by atoms with E-state index in [4.69, 9.17) is 9.47 Å². The van der Waals surface area contributed by atoms with Crippen molar-refractivity contribution in [1.29, 1.82) is 0 Å². The van der Waals surface area contributed by atoms with Crippen LogP contribution in [-0.2, 0) is 19.6 Å². The zero-order valence-electron chi connectivity index (χ0n) is 17.9. The largest absolute Gasteiger partial charge is 0.476 e. The molecule has 2 amide bonds. The van der Waals surface area contributed by atoms with Crippen molar-refractivity contribution >= 4 is 33.2 Å². The highest BCUT2D eigenvalue weighted by molar-refractivity contribution is 7.92. The highest BCUT2D eigenvalue weighted by Crippen LogP contribution is 2.36. The number of hydrogen-bond donors (Lipinski definition) is 1. The summed E-state index contributed by atoms with van der Waals surface area (Å²) in [7, 11) is -3.63. The second kappa shape index (κ2) is 8.79. The molecule has 0 aliphatic carbocycles. The number of fused-ring (bicyclic) bond motifs is 1.